The van der Waals surface area contributed by atoms with Crippen LogP contribution in [0.5, 0.6) is 5.75 Å². The van der Waals surface area contributed by atoms with Crippen molar-refractivity contribution >= 4 is 15.9 Å². The standard InChI is InChI=1S/C12H12BrF3O2/c1-17-10-4-7-2-3-18-11(6-13)8(7)5-9(10)12(14,15)16/h4-5,11H,2-3,6H2,1H3. The molecule has 18 heavy (non-hydrogen) atoms. The van der Waals surface area contributed by atoms with Gasteiger partial charge in [0.15, 0.2) is 0 Å². The van der Waals surface area contributed by atoms with Crippen LogP contribution in [0.1, 0.15) is 22.8 Å². The lowest BCUT2D eigenvalue weighted by Crippen LogP contribution is -2.19. The highest BCUT2D eigenvalue weighted by atomic mass is 79.9. The van der Waals surface area contributed by atoms with Crippen molar-refractivity contribution in [3.8, 4) is 5.75 Å². The summed E-state index contributed by atoms with van der Waals surface area (Å²) in [6.45, 7) is 0.512. The van der Waals surface area contributed by atoms with E-state index in [9.17, 15) is 13.2 Å². The zero-order valence-electron chi connectivity index (χ0n) is 9.68. The average molecular weight is 325 g/mol. The molecule has 0 saturated carbocycles. The molecule has 0 bridgehead atoms. The minimum Gasteiger partial charge on any atom is -0.496 e. The summed E-state index contributed by atoms with van der Waals surface area (Å²) in [5, 5.41) is 0.476. The van der Waals surface area contributed by atoms with Crippen LogP contribution in [0.4, 0.5) is 13.2 Å². The molecule has 1 aromatic rings. The Labute approximate surface area is 111 Å². The number of benzene rings is 1. The van der Waals surface area contributed by atoms with E-state index in [4.69, 9.17) is 9.47 Å². The molecule has 100 valence electrons. The van der Waals surface area contributed by atoms with Crippen LogP contribution in [0.25, 0.3) is 0 Å². The molecule has 2 rings (SSSR count). The van der Waals surface area contributed by atoms with E-state index in [0.717, 1.165) is 11.6 Å². The second-order valence-electron chi connectivity index (χ2n) is 4.01. The van der Waals surface area contributed by atoms with Crippen LogP contribution in [0.2, 0.25) is 0 Å². The van der Waals surface area contributed by atoms with E-state index in [2.05, 4.69) is 15.9 Å². The maximum Gasteiger partial charge on any atom is 0.419 e. The average Bonchev–Trinajstić information content (AvgIpc) is 2.35. The second-order valence-corrected chi connectivity index (χ2v) is 4.66. The van der Waals surface area contributed by atoms with E-state index in [1.165, 1.54) is 13.2 Å². The number of rotatable bonds is 2. The van der Waals surface area contributed by atoms with Gasteiger partial charge in [-0.2, -0.15) is 13.2 Å². The third-order valence-corrected chi connectivity index (χ3v) is 3.53. The molecule has 2 nitrogen and oxygen atoms in total. The molecule has 1 aliphatic heterocycles. The minimum atomic E-state index is -4.42. The smallest absolute Gasteiger partial charge is 0.419 e. The number of hydrogen-bond donors (Lipinski definition) is 0. The molecule has 0 amide bonds. The lowest BCUT2D eigenvalue weighted by atomic mass is 9.95. The summed E-state index contributed by atoms with van der Waals surface area (Å²) in [6, 6.07) is 2.61. The highest BCUT2D eigenvalue weighted by molar-refractivity contribution is 9.09. The van der Waals surface area contributed by atoms with Crippen LogP contribution in [0.15, 0.2) is 12.1 Å². The van der Waals surface area contributed by atoms with Gasteiger partial charge in [-0.15, -0.1) is 0 Å². The van der Waals surface area contributed by atoms with Crippen molar-refractivity contribution in [2.75, 3.05) is 19.0 Å². The number of ether oxygens (including phenoxy) is 2. The molecule has 0 N–H and O–H groups in total. The minimum absolute atomic E-state index is 0.128. The molecular formula is C12H12BrF3O2. The topological polar surface area (TPSA) is 18.5 Å². The SMILES string of the molecule is COc1cc2c(cc1C(F)(F)F)C(CBr)OCC2. The van der Waals surface area contributed by atoms with E-state index in [-0.39, 0.29) is 11.9 Å². The highest BCUT2D eigenvalue weighted by Crippen LogP contribution is 2.41. The molecule has 0 aliphatic carbocycles. The van der Waals surface area contributed by atoms with Gasteiger partial charge < -0.3 is 9.47 Å². The van der Waals surface area contributed by atoms with Gasteiger partial charge in [-0.05, 0) is 29.7 Å². The van der Waals surface area contributed by atoms with Gasteiger partial charge in [0.2, 0.25) is 0 Å². The Morgan fingerprint density at radius 3 is 2.72 bits per heavy atom. The van der Waals surface area contributed by atoms with Gasteiger partial charge in [-0.1, -0.05) is 15.9 Å². The van der Waals surface area contributed by atoms with Crippen molar-refractivity contribution in [1.29, 1.82) is 0 Å². The van der Waals surface area contributed by atoms with Crippen LogP contribution >= 0.6 is 15.9 Å². The monoisotopic (exact) mass is 324 g/mol. The normalized spacial score (nSPS) is 19.5. The fraction of sp³-hybridized carbons (Fsp3) is 0.500. The summed E-state index contributed by atoms with van der Waals surface area (Å²) < 4.78 is 49.0. The van der Waals surface area contributed by atoms with Crippen LogP contribution in [0, 0.1) is 0 Å². The quantitative estimate of drug-likeness (QED) is 0.772. The zero-order valence-corrected chi connectivity index (χ0v) is 11.3. The Hall–Kier alpha value is -0.750. The molecule has 1 aromatic carbocycles. The summed E-state index contributed by atoms with van der Waals surface area (Å²) >= 11 is 3.25. The Balaban J connectivity index is 2.55. The molecule has 0 spiro atoms. The van der Waals surface area contributed by atoms with E-state index in [0.29, 0.717) is 23.9 Å². The van der Waals surface area contributed by atoms with Gasteiger partial charge in [-0.25, -0.2) is 0 Å². The van der Waals surface area contributed by atoms with Crippen molar-refractivity contribution in [2.24, 2.45) is 0 Å². The molecule has 1 aliphatic rings. The Bertz CT molecular complexity index is 446. The molecule has 6 heteroatoms. The summed E-state index contributed by atoms with van der Waals surface area (Å²) in [7, 11) is 1.25. The first-order chi connectivity index (χ1) is 8.47. The Morgan fingerprint density at radius 1 is 1.44 bits per heavy atom. The van der Waals surface area contributed by atoms with Gasteiger partial charge >= 0.3 is 6.18 Å². The summed E-state index contributed by atoms with van der Waals surface area (Å²) in [6.07, 6.45) is -4.15. The third-order valence-electron chi connectivity index (χ3n) is 2.94. The Morgan fingerprint density at radius 2 is 2.17 bits per heavy atom. The number of halogens is 4. The fourth-order valence-corrected chi connectivity index (χ4v) is 2.61. The number of fused-ring (bicyclic) bond motifs is 1. The molecule has 1 atom stereocenters. The maximum atomic E-state index is 12.9. The zero-order chi connectivity index (χ0) is 13.3. The second kappa shape index (κ2) is 5.09. The molecule has 1 unspecified atom stereocenters. The number of hydrogen-bond acceptors (Lipinski definition) is 2. The lowest BCUT2D eigenvalue weighted by molar-refractivity contribution is -0.138. The summed E-state index contributed by atoms with van der Waals surface area (Å²) in [5.41, 5.74) is 0.696. The van der Waals surface area contributed by atoms with Crippen LogP contribution in [-0.2, 0) is 17.3 Å². The summed E-state index contributed by atoms with van der Waals surface area (Å²) in [5.74, 6) is -0.128. The predicted octanol–water partition coefficient (Wildman–Crippen LogP) is 3.72. The van der Waals surface area contributed by atoms with Crippen molar-refractivity contribution in [3.63, 3.8) is 0 Å². The van der Waals surface area contributed by atoms with E-state index >= 15 is 0 Å². The van der Waals surface area contributed by atoms with Crippen molar-refractivity contribution in [2.45, 2.75) is 18.7 Å². The molecule has 1 heterocycles. The fourth-order valence-electron chi connectivity index (χ4n) is 2.07. The van der Waals surface area contributed by atoms with E-state index < -0.39 is 11.7 Å². The lowest BCUT2D eigenvalue weighted by Gasteiger charge is -2.26. The molecule has 0 radical (unpaired) electrons. The first-order valence-corrected chi connectivity index (χ1v) is 6.55. The molecule has 0 saturated heterocycles. The van der Waals surface area contributed by atoms with Crippen LogP contribution in [-0.4, -0.2) is 19.0 Å². The molecular weight excluding hydrogens is 313 g/mol. The van der Waals surface area contributed by atoms with Crippen molar-refractivity contribution in [3.05, 3.63) is 28.8 Å². The van der Waals surface area contributed by atoms with Gasteiger partial charge in [0.05, 0.1) is 25.4 Å². The maximum absolute atomic E-state index is 12.9. The van der Waals surface area contributed by atoms with Gasteiger partial charge in [-0.3, -0.25) is 0 Å². The Kier molecular flexibility index (Phi) is 3.87. The van der Waals surface area contributed by atoms with E-state index in [1.54, 1.807) is 0 Å². The third kappa shape index (κ3) is 2.49. The summed E-state index contributed by atoms with van der Waals surface area (Å²) in [4.78, 5) is 0. The highest BCUT2D eigenvalue weighted by Gasteiger charge is 2.36. The van der Waals surface area contributed by atoms with Crippen LogP contribution < -0.4 is 4.74 Å². The van der Waals surface area contributed by atoms with Crippen molar-refractivity contribution < 1.29 is 22.6 Å². The van der Waals surface area contributed by atoms with Crippen molar-refractivity contribution in [1.82, 2.24) is 0 Å². The largest absolute Gasteiger partial charge is 0.496 e. The predicted molar refractivity (Wildman–Crippen MR) is 64.2 cm³/mol. The van der Waals surface area contributed by atoms with Gasteiger partial charge in [0.25, 0.3) is 0 Å². The number of alkyl halides is 4. The van der Waals surface area contributed by atoms with Crippen LogP contribution in [0.3, 0.4) is 0 Å². The van der Waals surface area contributed by atoms with Gasteiger partial charge in [0.1, 0.15) is 5.75 Å². The molecule has 0 aromatic heterocycles. The first kappa shape index (κ1) is 13.7. The van der Waals surface area contributed by atoms with E-state index in [1.807, 2.05) is 0 Å². The number of methoxy groups -OCH3 is 1. The first-order valence-electron chi connectivity index (χ1n) is 5.43. The van der Waals surface area contributed by atoms with Gasteiger partial charge in [0, 0.05) is 5.33 Å². The molecule has 0 fully saturated rings.